The summed E-state index contributed by atoms with van der Waals surface area (Å²) in [6, 6.07) is 12.5. The SMILES string of the molecule is CN(C)C(=O)[C@@]1(Cc2ccc(-c3ccncc3)cc2)CCCN(C(=O)C2CCCC2)C1. The van der Waals surface area contributed by atoms with Gasteiger partial charge in [-0.2, -0.15) is 0 Å². The van der Waals surface area contributed by atoms with Gasteiger partial charge in [0.05, 0.1) is 5.41 Å². The number of amides is 2. The van der Waals surface area contributed by atoms with E-state index in [1.54, 1.807) is 17.3 Å². The largest absolute Gasteiger partial charge is 0.348 e. The van der Waals surface area contributed by atoms with Gasteiger partial charge in [0.1, 0.15) is 0 Å². The van der Waals surface area contributed by atoms with Crippen molar-refractivity contribution in [3.8, 4) is 11.1 Å². The molecule has 1 saturated heterocycles. The summed E-state index contributed by atoms with van der Waals surface area (Å²) < 4.78 is 0. The van der Waals surface area contributed by atoms with Crippen LogP contribution in [0, 0.1) is 11.3 Å². The van der Waals surface area contributed by atoms with Crippen LogP contribution in [0.15, 0.2) is 48.8 Å². The van der Waals surface area contributed by atoms with Gasteiger partial charge in [0.25, 0.3) is 0 Å². The molecule has 1 aromatic heterocycles. The summed E-state index contributed by atoms with van der Waals surface area (Å²) in [4.78, 5) is 34.3. The van der Waals surface area contributed by atoms with Gasteiger partial charge in [0.2, 0.25) is 11.8 Å². The Morgan fingerprint density at radius 2 is 1.65 bits per heavy atom. The number of carbonyl (C=O) groups is 2. The number of nitrogens with zero attached hydrogens (tertiary/aromatic N) is 3. The number of likely N-dealkylation sites (tertiary alicyclic amines) is 1. The third kappa shape index (κ3) is 4.65. The van der Waals surface area contributed by atoms with Crippen LogP contribution in [0.5, 0.6) is 0 Å². The fraction of sp³-hybridized carbons (Fsp3) is 0.500. The lowest BCUT2D eigenvalue weighted by Gasteiger charge is -2.43. The summed E-state index contributed by atoms with van der Waals surface area (Å²) in [5.41, 5.74) is 2.87. The smallest absolute Gasteiger partial charge is 0.230 e. The molecule has 2 aliphatic rings. The molecule has 0 unspecified atom stereocenters. The highest BCUT2D eigenvalue weighted by molar-refractivity contribution is 5.85. The van der Waals surface area contributed by atoms with Crippen LogP contribution in [-0.4, -0.2) is 53.8 Å². The molecule has 0 spiro atoms. The second kappa shape index (κ2) is 9.21. The van der Waals surface area contributed by atoms with Crippen LogP contribution in [0.3, 0.4) is 0 Å². The summed E-state index contributed by atoms with van der Waals surface area (Å²) in [5.74, 6) is 0.556. The maximum atomic E-state index is 13.4. The van der Waals surface area contributed by atoms with Gasteiger partial charge < -0.3 is 9.80 Å². The fourth-order valence-electron chi connectivity index (χ4n) is 5.37. The average Bonchev–Trinajstić information content (AvgIpc) is 3.34. The number of hydrogen-bond acceptors (Lipinski definition) is 3. The Morgan fingerprint density at radius 1 is 1.00 bits per heavy atom. The van der Waals surface area contributed by atoms with Crippen molar-refractivity contribution < 1.29 is 9.59 Å². The standard InChI is InChI=1S/C26H33N3O2/c1-28(2)25(31)26(14-5-17-29(19-26)24(30)23-6-3-4-7-23)18-20-8-10-21(11-9-20)22-12-15-27-16-13-22/h8-13,15-16,23H,3-7,14,17-19H2,1-2H3/t26-/m1/s1. The first-order chi connectivity index (χ1) is 15.0. The van der Waals surface area contributed by atoms with Crippen molar-refractivity contribution in [1.82, 2.24) is 14.8 Å². The van der Waals surface area contributed by atoms with Gasteiger partial charge >= 0.3 is 0 Å². The number of aromatic nitrogens is 1. The minimum absolute atomic E-state index is 0.134. The Bertz CT molecular complexity index is 904. The molecule has 1 atom stereocenters. The molecule has 31 heavy (non-hydrogen) atoms. The highest BCUT2D eigenvalue weighted by Crippen LogP contribution is 2.37. The van der Waals surface area contributed by atoms with Crippen LogP contribution >= 0.6 is 0 Å². The zero-order valence-corrected chi connectivity index (χ0v) is 18.7. The monoisotopic (exact) mass is 419 g/mol. The van der Waals surface area contributed by atoms with Crippen LogP contribution in [0.25, 0.3) is 11.1 Å². The van der Waals surface area contributed by atoms with E-state index in [-0.39, 0.29) is 17.7 Å². The molecule has 2 amide bonds. The average molecular weight is 420 g/mol. The van der Waals surface area contributed by atoms with E-state index in [1.807, 2.05) is 31.1 Å². The molecular weight excluding hydrogens is 386 g/mol. The molecule has 4 rings (SSSR count). The third-order valence-corrected chi connectivity index (χ3v) is 6.96. The van der Waals surface area contributed by atoms with Crippen molar-refractivity contribution in [3.05, 3.63) is 54.4 Å². The van der Waals surface area contributed by atoms with Crippen molar-refractivity contribution in [2.75, 3.05) is 27.2 Å². The predicted octanol–water partition coefficient (Wildman–Crippen LogP) is 4.18. The van der Waals surface area contributed by atoms with Gasteiger partial charge in [-0.3, -0.25) is 14.6 Å². The van der Waals surface area contributed by atoms with E-state index < -0.39 is 5.41 Å². The second-order valence-corrected chi connectivity index (χ2v) is 9.43. The molecule has 0 N–H and O–H groups in total. The van der Waals surface area contributed by atoms with Crippen molar-refractivity contribution >= 4 is 11.8 Å². The van der Waals surface area contributed by atoms with Gasteiger partial charge in [0, 0.05) is 45.5 Å². The molecule has 5 nitrogen and oxygen atoms in total. The number of hydrogen-bond donors (Lipinski definition) is 0. The highest BCUT2D eigenvalue weighted by Gasteiger charge is 2.45. The summed E-state index contributed by atoms with van der Waals surface area (Å²) in [5, 5.41) is 0. The molecule has 164 valence electrons. The lowest BCUT2D eigenvalue weighted by atomic mass is 9.73. The molecule has 0 bridgehead atoms. The van der Waals surface area contributed by atoms with Crippen LogP contribution in [-0.2, 0) is 16.0 Å². The first-order valence-corrected chi connectivity index (χ1v) is 11.5. The molecule has 1 aromatic carbocycles. The zero-order chi connectivity index (χ0) is 21.8. The first kappa shape index (κ1) is 21.5. The quantitative estimate of drug-likeness (QED) is 0.731. The summed E-state index contributed by atoms with van der Waals surface area (Å²) in [7, 11) is 3.66. The number of piperidine rings is 1. The maximum Gasteiger partial charge on any atom is 0.230 e. The van der Waals surface area contributed by atoms with E-state index in [1.165, 1.54) is 0 Å². The Morgan fingerprint density at radius 3 is 2.29 bits per heavy atom. The number of carbonyl (C=O) groups excluding carboxylic acids is 2. The topological polar surface area (TPSA) is 53.5 Å². The van der Waals surface area contributed by atoms with Crippen LogP contribution < -0.4 is 0 Å². The lowest BCUT2D eigenvalue weighted by molar-refractivity contribution is -0.148. The molecule has 0 radical (unpaired) electrons. The number of pyridine rings is 1. The Kier molecular flexibility index (Phi) is 6.40. The molecule has 1 aliphatic carbocycles. The molecule has 2 heterocycles. The van der Waals surface area contributed by atoms with E-state index in [9.17, 15) is 9.59 Å². The lowest BCUT2D eigenvalue weighted by Crippen LogP contribution is -2.55. The Labute approximate surface area is 185 Å². The summed E-state index contributed by atoms with van der Waals surface area (Å²) in [6.07, 6.45) is 10.3. The Hall–Kier alpha value is -2.69. The maximum absolute atomic E-state index is 13.4. The van der Waals surface area contributed by atoms with Crippen LogP contribution in [0.2, 0.25) is 0 Å². The number of benzene rings is 1. The van der Waals surface area contributed by atoms with Gasteiger partial charge in [-0.1, -0.05) is 37.1 Å². The van der Waals surface area contributed by atoms with Crippen molar-refractivity contribution in [2.24, 2.45) is 11.3 Å². The highest BCUT2D eigenvalue weighted by atomic mass is 16.2. The van der Waals surface area contributed by atoms with E-state index in [4.69, 9.17) is 0 Å². The van der Waals surface area contributed by atoms with Gasteiger partial charge in [-0.15, -0.1) is 0 Å². The molecular formula is C26H33N3O2. The summed E-state index contributed by atoms with van der Waals surface area (Å²) >= 11 is 0. The van der Waals surface area contributed by atoms with Crippen molar-refractivity contribution in [3.63, 3.8) is 0 Å². The molecule has 1 aliphatic heterocycles. The first-order valence-electron chi connectivity index (χ1n) is 11.5. The predicted molar refractivity (Wildman–Crippen MR) is 122 cm³/mol. The van der Waals surface area contributed by atoms with Crippen molar-refractivity contribution in [1.29, 1.82) is 0 Å². The minimum atomic E-state index is -0.547. The van der Waals surface area contributed by atoms with Crippen molar-refractivity contribution in [2.45, 2.75) is 44.9 Å². The minimum Gasteiger partial charge on any atom is -0.348 e. The molecule has 5 heteroatoms. The molecule has 1 saturated carbocycles. The van der Waals surface area contributed by atoms with Gasteiger partial charge in [-0.25, -0.2) is 0 Å². The second-order valence-electron chi connectivity index (χ2n) is 9.43. The van der Waals surface area contributed by atoms with E-state index in [0.717, 1.165) is 61.8 Å². The fourth-order valence-corrected chi connectivity index (χ4v) is 5.37. The molecule has 2 aromatic rings. The zero-order valence-electron chi connectivity index (χ0n) is 18.7. The van der Waals surface area contributed by atoms with Crippen LogP contribution in [0.4, 0.5) is 0 Å². The normalized spacial score (nSPS) is 21.8. The van der Waals surface area contributed by atoms with E-state index in [0.29, 0.717) is 13.0 Å². The summed E-state index contributed by atoms with van der Waals surface area (Å²) in [6.45, 7) is 1.31. The molecule has 2 fully saturated rings. The van der Waals surface area contributed by atoms with Gasteiger partial charge in [-0.05, 0) is 60.9 Å². The van der Waals surface area contributed by atoms with Gasteiger partial charge in [0.15, 0.2) is 0 Å². The number of rotatable bonds is 5. The van der Waals surface area contributed by atoms with Crippen LogP contribution in [0.1, 0.15) is 44.1 Å². The third-order valence-electron chi connectivity index (χ3n) is 6.96. The van der Waals surface area contributed by atoms with E-state index >= 15 is 0 Å². The Balaban J connectivity index is 1.56. The van der Waals surface area contributed by atoms with E-state index in [2.05, 4.69) is 29.2 Å².